The van der Waals surface area contributed by atoms with Crippen molar-refractivity contribution < 1.29 is 9.13 Å². The van der Waals surface area contributed by atoms with Crippen molar-refractivity contribution in [2.75, 3.05) is 20.4 Å². The molecule has 0 aliphatic heterocycles. The van der Waals surface area contributed by atoms with Gasteiger partial charge in [0.05, 0.1) is 13.3 Å². The third kappa shape index (κ3) is 2.97. The van der Waals surface area contributed by atoms with Crippen molar-refractivity contribution in [2.45, 2.75) is 13.8 Å². The van der Waals surface area contributed by atoms with Crippen LogP contribution in [0.1, 0.15) is 13.8 Å². The van der Waals surface area contributed by atoms with Crippen molar-refractivity contribution in [1.29, 1.82) is 0 Å². The van der Waals surface area contributed by atoms with Crippen molar-refractivity contribution in [3.05, 3.63) is 0 Å². The van der Waals surface area contributed by atoms with Crippen LogP contribution in [0.25, 0.3) is 0 Å². The van der Waals surface area contributed by atoms with Gasteiger partial charge in [0.25, 0.3) is 0 Å². The van der Waals surface area contributed by atoms with Gasteiger partial charge in [0, 0.05) is 12.5 Å². The molecule has 0 aromatic carbocycles. The largest absolute Gasteiger partial charge is 0.384 e. The minimum atomic E-state index is -0.319. The first-order valence-electron chi connectivity index (χ1n) is 2.67. The number of methoxy groups -OCH3 is 1. The Morgan fingerprint density at radius 1 is 1.50 bits per heavy atom. The van der Waals surface area contributed by atoms with Crippen LogP contribution in [-0.2, 0) is 4.74 Å². The molecule has 0 aromatic rings. The Balaban J connectivity index is 3.37. The average Bonchev–Trinajstić information content (AvgIpc) is 1.67. The van der Waals surface area contributed by atoms with Gasteiger partial charge in [-0.15, -0.1) is 0 Å². The van der Waals surface area contributed by atoms with Gasteiger partial charge in [0.15, 0.2) is 0 Å². The van der Waals surface area contributed by atoms with Crippen LogP contribution in [0.2, 0.25) is 0 Å². The van der Waals surface area contributed by atoms with Crippen LogP contribution < -0.4 is 0 Å². The zero-order valence-corrected chi connectivity index (χ0v) is 5.70. The van der Waals surface area contributed by atoms with E-state index in [-0.39, 0.29) is 12.1 Å². The summed E-state index contributed by atoms with van der Waals surface area (Å²) in [6.07, 6.45) is 0. The van der Waals surface area contributed by atoms with Crippen molar-refractivity contribution in [1.82, 2.24) is 0 Å². The van der Waals surface area contributed by atoms with Crippen LogP contribution in [0.4, 0.5) is 4.39 Å². The van der Waals surface area contributed by atoms with Crippen LogP contribution in [0.5, 0.6) is 0 Å². The fourth-order valence-electron chi connectivity index (χ4n) is 0.429. The molecule has 0 spiro atoms. The average molecular weight is 120 g/mol. The molecule has 0 aliphatic rings. The molecule has 0 bridgehead atoms. The second-order valence-electron chi connectivity index (χ2n) is 2.73. The SMILES string of the molecule is COCC(C)(C)CF. The molecule has 0 radical (unpaired) electrons. The van der Waals surface area contributed by atoms with Crippen LogP contribution >= 0.6 is 0 Å². The van der Waals surface area contributed by atoms with Crippen molar-refractivity contribution in [3.63, 3.8) is 0 Å². The summed E-state index contributed by atoms with van der Waals surface area (Å²) in [5.74, 6) is 0. The van der Waals surface area contributed by atoms with Gasteiger partial charge in [0.1, 0.15) is 0 Å². The highest BCUT2D eigenvalue weighted by molar-refractivity contribution is 4.64. The Bertz CT molecular complexity index is 61.5. The van der Waals surface area contributed by atoms with Gasteiger partial charge in [-0.1, -0.05) is 13.8 Å². The van der Waals surface area contributed by atoms with Crippen LogP contribution in [0.15, 0.2) is 0 Å². The number of alkyl halides is 1. The summed E-state index contributed by atoms with van der Waals surface area (Å²) in [7, 11) is 1.58. The number of rotatable bonds is 3. The summed E-state index contributed by atoms with van der Waals surface area (Å²) in [5, 5.41) is 0. The molecule has 2 heteroatoms. The van der Waals surface area contributed by atoms with Gasteiger partial charge >= 0.3 is 0 Å². The van der Waals surface area contributed by atoms with E-state index in [2.05, 4.69) is 0 Å². The van der Waals surface area contributed by atoms with Crippen molar-refractivity contribution in [2.24, 2.45) is 5.41 Å². The number of ether oxygens (including phenoxy) is 1. The zero-order chi connectivity index (χ0) is 6.62. The molecule has 1 nitrogen and oxygen atoms in total. The third-order valence-corrected chi connectivity index (χ3v) is 0.897. The topological polar surface area (TPSA) is 9.23 Å². The van der Waals surface area contributed by atoms with E-state index in [1.165, 1.54) is 0 Å². The van der Waals surface area contributed by atoms with Gasteiger partial charge in [-0.2, -0.15) is 0 Å². The molecule has 0 unspecified atom stereocenters. The number of hydrogen-bond acceptors (Lipinski definition) is 1. The van der Waals surface area contributed by atoms with Gasteiger partial charge in [-0.25, -0.2) is 0 Å². The molecule has 0 heterocycles. The summed E-state index contributed by atoms with van der Waals surface area (Å²) >= 11 is 0. The lowest BCUT2D eigenvalue weighted by Crippen LogP contribution is -2.20. The van der Waals surface area contributed by atoms with Crippen LogP contribution in [0, 0.1) is 5.41 Å². The van der Waals surface area contributed by atoms with Gasteiger partial charge in [-0.3, -0.25) is 4.39 Å². The highest BCUT2D eigenvalue weighted by atomic mass is 19.1. The van der Waals surface area contributed by atoms with E-state index in [0.29, 0.717) is 6.61 Å². The van der Waals surface area contributed by atoms with E-state index in [4.69, 9.17) is 4.74 Å². The number of halogens is 1. The summed E-state index contributed by atoms with van der Waals surface area (Å²) in [4.78, 5) is 0. The molecule has 0 saturated carbocycles. The Morgan fingerprint density at radius 3 is 2.12 bits per heavy atom. The fourth-order valence-corrected chi connectivity index (χ4v) is 0.429. The lowest BCUT2D eigenvalue weighted by Gasteiger charge is -2.17. The van der Waals surface area contributed by atoms with E-state index < -0.39 is 0 Å². The Labute approximate surface area is 49.8 Å². The monoisotopic (exact) mass is 120 g/mol. The minimum absolute atomic E-state index is 0.297. The summed E-state index contributed by atoms with van der Waals surface area (Å²) < 4.78 is 16.6. The normalized spacial score (nSPS) is 12.0. The predicted molar refractivity (Wildman–Crippen MR) is 31.6 cm³/mol. The molecule has 0 N–H and O–H groups in total. The van der Waals surface area contributed by atoms with Crippen molar-refractivity contribution >= 4 is 0 Å². The van der Waals surface area contributed by atoms with E-state index in [1.807, 2.05) is 13.8 Å². The molecule has 0 aliphatic carbocycles. The molecule has 0 amide bonds. The lowest BCUT2D eigenvalue weighted by molar-refractivity contribution is 0.0846. The highest BCUT2D eigenvalue weighted by Crippen LogP contribution is 2.14. The lowest BCUT2D eigenvalue weighted by atomic mass is 9.97. The van der Waals surface area contributed by atoms with Crippen LogP contribution in [0.3, 0.4) is 0 Å². The van der Waals surface area contributed by atoms with E-state index in [1.54, 1.807) is 7.11 Å². The van der Waals surface area contributed by atoms with Gasteiger partial charge < -0.3 is 4.74 Å². The Hall–Kier alpha value is -0.110. The molecule has 8 heavy (non-hydrogen) atoms. The highest BCUT2D eigenvalue weighted by Gasteiger charge is 2.16. The van der Waals surface area contributed by atoms with Crippen molar-refractivity contribution in [3.8, 4) is 0 Å². The summed E-state index contributed by atoms with van der Waals surface area (Å²) in [5.41, 5.74) is -0.297. The fraction of sp³-hybridized carbons (Fsp3) is 1.00. The maximum atomic E-state index is 11.9. The standard InChI is InChI=1S/C6H13FO/c1-6(2,4-7)5-8-3/h4-5H2,1-3H3. The Morgan fingerprint density at radius 2 is 2.00 bits per heavy atom. The summed E-state index contributed by atoms with van der Waals surface area (Å²) in [6.45, 7) is 3.83. The first-order valence-corrected chi connectivity index (χ1v) is 2.67. The molecule has 0 rings (SSSR count). The quantitative estimate of drug-likeness (QED) is 0.550. The second kappa shape index (κ2) is 3.02. The number of hydrogen-bond donors (Lipinski definition) is 0. The molecular formula is C6H13FO. The molecule has 0 atom stereocenters. The first kappa shape index (κ1) is 7.89. The second-order valence-corrected chi connectivity index (χ2v) is 2.73. The van der Waals surface area contributed by atoms with E-state index in [0.717, 1.165) is 0 Å². The van der Waals surface area contributed by atoms with E-state index >= 15 is 0 Å². The molecule has 50 valence electrons. The zero-order valence-electron chi connectivity index (χ0n) is 5.70. The van der Waals surface area contributed by atoms with Gasteiger partial charge in [0.2, 0.25) is 0 Å². The maximum absolute atomic E-state index is 11.9. The van der Waals surface area contributed by atoms with Crippen LogP contribution in [-0.4, -0.2) is 20.4 Å². The first-order chi connectivity index (χ1) is 3.62. The maximum Gasteiger partial charge on any atom is 0.0967 e. The molecule has 0 saturated heterocycles. The molecule has 0 fully saturated rings. The smallest absolute Gasteiger partial charge is 0.0967 e. The predicted octanol–water partition coefficient (Wildman–Crippen LogP) is 1.63. The third-order valence-electron chi connectivity index (χ3n) is 0.897. The minimum Gasteiger partial charge on any atom is -0.384 e. The molecular weight excluding hydrogens is 107 g/mol. The Kier molecular flexibility index (Phi) is 2.98. The van der Waals surface area contributed by atoms with E-state index in [9.17, 15) is 4.39 Å². The van der Waals surface area contributed by atoms with Gasteiger partial charge in [-0.05, 0) is 0 Å². The summed E-state index contributed by atoms with van der Waals surface area (Å²) in [6, 6.07) is 0. The molecule has 0 aromatic heterocycles.